The van der Waals surface area contributed by atoms with Crippen LogP contribution in [0.15, 0.2) is 54.6 Å². The maximum atomic E-state index is 13.5. The van der Waals surface area contributed by atoms with E-state index in [0.29, 0.717) is 38.3 Å². The van der Waals surface area contributed by atoms with Gasteiger partial charge in [-0.1, -0.05) is 36.3 Å². The van der Waals surface area contributed by atoms with Crippen LogP contribution < -0.4 is 15.1 Å². The van der Waals surface area contributed by atoms with E-state index in [9.17, 15) is 9.90 Å². The van der Waals surface area contributed by atoms with E-state index in [1.165, 1.54) is 0 Å². The number of hydrogen-bond acceptors (Lipinski definition) is 5. The van der Waals surface area contributed by atoms with Crippen LogP contribution in [0.5, 0.6) is 0 Å². The molecule has 1 saturated heterocycles. The van der Waals surface area contributed by atoms with Crippen molar-refractivity contribution in [2.45, 2.75) is 31.2 Å². The van der Waals surface area contributed by atoms with Crippen molar-refractivity contribution in [3.05, 3.63) is 60.2 Å². The first kappa shape index (κ1) is 21.7. The molecule has 30 heavy (non-hydrogen) atoms. The number of aliphatic hydroxyl groups excluding tert-OH is 1. The summed E-state index contributed by atoms with van der Waals surface area (Å²) in [4.78, 5) is 17.2. The molecule has 2 aromatic rings. The molecule has 1 heterocycles. The van der Waals surface area contributed by atoms with E-state index in [1.807, 2.05) is 73.6 Å². The summed E-state index contributed by atoms with van der Waals surface area (Å²) in [5.74, 6) is 2.24. The molecule has 0 radical (unpaired) electrons. The Morgan fingerprint density at radius 3 is 2.30 bits per heavy atom. The first-order chi connectivity index (χ1) is 14.5. The molecule has 6 nitrogen and oxygen atoms in total. The van der Waals surface area contributed by atoms with Gasteiger partial charge in [-0.3, -0.25) is 4.79 Å². The summed E-state index contributed by atoms with van der Waals surface area (Å²) in [5.41, 5.74) is 1.72. The van der Waals surface area contributed by atoms with Gasteiger partial charge in [-0.2, -0.15) is 0 Å². The van der Waals surface area contributed by atoms with Crippen molar-refractivity contribution in [1.29, 1.82) is 0 Å². The van der Waals surface area contributed by atoms with Gasteiger partial charge in [0, 0.05) is 58.1 Å². The fourth-order valence-corrected chi connectivity index (χ4v) is 3.84. The number of hydrogen-bond donors (Lipinski definition) is 2. The van der Waals surface area contributed by atoms with Gasteiger partial charge >= 0.3 is 0 Å². The minimum Gasteiger partial charge on any atom is -0.381 e. The van der Waals surface area contributed by atoms with Crippen LogP contribution in [0.4, 0.5) is 11.4 Å². The topological polar surface area (TPSA) is 65.0 Å². The second-order valence-electron chi connectivity index (χ2n) is 7.63. The smallest absolute Gasteiger partial charge is 0.246 e. The first-order valence-electron chi connectivity index (χ1n) is 10.1. The molecule has 2 aromatic carbocycles. The molecule has 0 bridgehead atoms. The third-order valence-electron chi connectivity index (χ3n) is 5.54. The summed E-state index contributed by atoms with van der Waals surface area (Å²) in [7, 11) is 3.92. The van der Waals surface area contributed by atoms with Gasteiger partial charge in [-0.25, -0.2) is 0 Å². The Hall–Kier alpha value is -3.01. The van der Waals surface area contributed by atoms with E-state index in [4.69, 9.17) is 11.2 Å². The highest BCUT2D eigenvalue weighted by Gasteiger charge is 2.47. The summed E-state index contributed by atoms with van der Waals surface area (Å²) in [6, 6.07) is 17.4. The number of carbonyl (C=O) groups is 1. The third-order valence-corrected chi connectivity index (χ3v) is 5.54. The van der Waals surface area contributed by atoms with Crippen molar-refractivity contribution >= 4 is 17.3 Å². The minimum atomic E-state index is -1.24. The zero-order chi connectivity index (χ0) is 21.6. The van der Waals surface area contributed by atoms with Crippen LogP contribution in [0.1, 0.15) is 18.4 Å². The van der Waals surface area contributed by atoms with Crippen LogP contribution in [0.3, 0.4) is 0 Å². The molecule has 1 aliphatic heterocycles. The molecule has 0 saturated carbocycles. The molecule has 1 fully saturated rings. The molecule has 1 aliphatic rings. The Balaban J connectivity index is 1.94. The number of amides is 1. The standard InChI is InChI=1S/C24H29N3O3/c1-4-22(28)27(21-12-10-20(11-13-21)26(2)3)24(14-16-30-17-15-24)23(29)25-18-19-8-6-5-7-9-19/h1,5-13,22,28H,14-18H2,2-3H3,(H,25,29). The number of nitrogens with one attached hydrogen (secondary N) is 1. The summed E-state index contributed by atoms with van der Waals surface area (Å²) >= 11 is 0. The Bertz CT molecular complexity index is 869. The predicted octanol–water partition coefficient (Wildman–Crippen LogP) is 2.38. The summed E-state index contributed by atoms with van der Waals surface area (Å²) < 4.78 is 5.54. The SMILES string of the molecule is C#CC(O)N(c1ccc(N(C)C)cc1)C1(C(=O)NCc2ccccc2)CCOCC1. The van der Waals surface area contributed by atoms with Gasteiger partial charge in [0.15, 0.2) is 6.23 Å². The lowest BCUT2D eigenvalue weighted by atomic mass is 9.85. The van der Waals surface area contributed by atoms with E-state index >= 15 is 0 Å². The van der Waals surface area contributed by atoms with Gasteiger partial charge in [0.25, 0.3) is 0 Å². The van der Waals surface area contributed by atoms with Gasteiger partial charge in [0.05, 0.1) is 0 Å². The molecule has 1 atom stereocenters. The normalized spacial score (nSPS) is 16.2. The van der Waals surface area contributed by atoms with Crippen LogP contribution >= 0.6 is 0 Å². The molecule has 6 heteroatoms. The molecule has 0 aromatic heterocycles. The van der Waals surface area contributed by atoms with Crippen molar-refractivity contribution in [3.63, 3.8) is 0 Å². The Labute approximate surface area is 178 Å². The Morgan fingerprint density at radius 1 is 1.13 bits per heavy atom. The number of terminal acetylenes is 1. The van der Waals surface area contributed by atoms with E-state index in [2.05, 4.69) is 11.2 Å². The molecule has 3 rings (SSSR count). The second kappa shape index (κ2) is 9.66. The molecule has 0 aliphatic carbocycles. The number of ether oxygens (including phenoxy) is 1. The number of carbonyl (C=O) groups excluding carboxylic acids is 1. The largest absolute Gasteiger partial charge is 0.381 e. The lowest BCUT2D eigenvalue weighted by Crippen LogP contribution is -2.64. The fraction of sp³-hybridized carbons (Fsp3) is 0.375. The third kappa shape index (κ3) is 4.59. The molecule has 2 N–H and O–H groups in total. The molecular weight excluding hydrogens is 378 g/mol. The van der Waals surface area contributed by atoms with Crippen LogP contribution in [0.25, 0.3) is 0 Å². The van der Waals surface area contributed by atoms with Crippen molar-refractivity contribution in [2.75, 3.05) is 37.1 Å². The van der Waals surface area contributed by atoms with Gasteiger partial charge in [-0.05, 0) is 29.8 Å². The first-order valence-corrected chi connectivity index (χ1v) is 10.1. The van der Waals surface area contributed by atoms with Crippen molar-refractivity contribution in [2.24, 2.45) is 0 Å². The zero-order valence-corrected chi connectivity index (χ0v) is 17.5. The number of anilines is 2. The van der Waals surface area contributed by atoms with Crippen LogP contribution in [-0.2, 0) is 16.1 Å². The molecule has 158 valence electrons. The maximum Gasteiger partial charge on any atom is 0.246 e. The average Bonchev–Trinajstić information content (AvgIpc) is 2.79. The molecule has 1 amide bonds. The van der Waals surface area contributed by atoms with E-state index in [1.54, 1.807) is 4.90 Å². The predicted molar refractivity (Wildman–Crippen MR) is 119 cm³/mol. The minimum absolute atomic E-state index is 0.166. The summed E-state index contributed by atoms with van der Waals surface area (Å²) in [6.07, 6.45) is 5.23. The monoisotopic (exact) mass is 407 g/mol. The highest BCUT2D eigenvalue weighted by atomic mass is 16.5. The Morgan fingerprint density at radius 2 is 1.73 bits per heavy atom. The quantitative estimate of drug-likeness (QED) is 0.545. The van der Waals surface area contributed by atoms with Crippen molar-refractivity contribution in [1.82, 2.24) is 5.32 Å². The lowest BCUT2D eigenvalue weighted by molar-refractivity contribution is -0.131. The van der Waals surface area contributed by atoms with Gasteiger partial charge in [0.2, 0.25) is 5.91 Å². The number of benzene rings is 2. The number of aliphatic hydroxyl groups is 1. The van der Waals surface area contributed by atoms with Crippen molar-refractivity contribution in [3.8, 4) is 12.3 Å². The van der Waals surface area contributed by atoms with E-state index < -0.39 is 11.8 Å². The van der Waals surface area contributed by atoms with E-state index in [0.717, 1.165) is 11.3 Å². The van der Waals surface area contributed by atoms with Gasteiger partial charge < -0.3 is 25.0 Å². The highest BCUT2D eigenvalue weighted by Crippen LogP contribution is 2.35. The second-order valence-corrected chi connectivity index (χ2v) is 7.63. The van der Waals surface area contributed by atoms with Crippen LogP contribution in [-0.4, -0.2) is 50.1 Å². The summed E-state index contributed by atoms with van der Waals surface area (Å²) in [5, 5.41) is 13.8. The zero-order valence-electron chi connectivity index (χ0n) is 17.5. The maximum absolute atomic E-state index is 13.5. The molecule has 0 spiro atoms. The fourth-order valence-electron chi connectivity index (χ4n) is 3.84. The molecular formula is C24H29N3O3. The van der Waals surface area contributed by atoms with Crippen molar-refractivity contribution < 1.29 is 14.6 Å². The number of rotatable bonds is 7. The lowest BCUT2D eigenvalue weighted by Gasteiger charge is -2.47. The Kier molecular flexibility index (Phi) is 6.99. The van der Waals surface area contributed by atoms with Crippen LogP contribution in [0, 0.1) is 12.3 Å². The van der Waals surface area contributed by atoms with Crippen LogP contribution in [0.2, 0.25) is 0 Å². The average molecular weight is 408 g/mol. The van der Waals surface area contributed by atoms with E-state index in [-0.39, 0.29) is 5.91 Å². The highest BCUT2D eigenvalue weighted by molar-refractivity contribution is 5.90. The summed E-state index contributed by atoms with van der Waals surface area (Å²) in [6.45, 7) is 1.24. The molecule has 1 unspecified atom stereocenters. The van der Waals surface area contributed by atoms with Gasteiger partial charge in [-0.15, -0.1) is 6.42 Å². The van der Waals surface area contributed by atoms with Gasteiger partial charge in [0.1, 0.15) is 5.54 Å². The number of nitrogens with zero attached hydrogens (tertiary/aromatic N) is 2.